The topological polar surface area (TPSA) is 273 Å². The van der Waals surface area contributed by atoms with Gasteiger partial charge in [0, 0.05) is 33.4 Å². The Hall–Kier alpha value is -10.8. The molecule has 7 N–H and O–H groups in total. The molecule has 0 aliphatic heterocycles. The van der Waals surface area contributed by atoms with Gasteiger partial charge in [0.25, 0.3) is 5.91 Å². The lowest BCUT2D eigenvalue weighted by atomic mass is 10.1. The number of phenols is 2. The highest BCUT2D eigenvalue weighted by molar-refractivity contribution is 6.10. The van der Waals surface area contributed by atoms with E-state index in [4.69, 9.17) is 29.9 Å². The third kappa shape index (κ3) is 15.2. The van der Waals surface area contributed by atoms with E-state index in [1.54, 1.807) is 54.6 Å². The van der Waals surface area contributed by atoms with Crippen LogP contribution in [0.1, 0.15) is 82.9 Å². The van der Waals surface area contributed by atoms with Gasteiger partial charge >= 0.3 is 11.9 Å². The number of aromatic hydroxyl groups is 2. The second kappa shape index (κ2) is 26.1. The van der Waals surface area contributed by atoms with E-state index in [-0.39, 0.29) is 85.5 Å². The molecule has 16 nitrogen and oxygen atoms in total. The average Bonchev–Trinajstić information content (AvgIpc) is 4.08. The number of hydrogen-bond donors (Lipinski definition) is 6. The maximum Gasteiger partial charge on any atom is 0.338 e. The number of fused-ring (bicyclic) bond motifs is 2. The zero-order chi connectivity index (χ0) is 57.5. The van der Waals surface area contributed by atoms with Crippen LogP contribution in [0.5, 0.6) is 11.5 Å². The summed E-state index contributed by atoms with van der Waals surface area (Å²) in [6.45, 7) is 4.23. The van der Waals surface area contributed by atoms with Gasteiger partial charge in [-0.3, -0.25) is 19.2 Å². The van der Waals surface area contributed by atoms with Crippen LogP contribution in [0, 0.1) is 23.3 Å². The van der Waals surface area contributed by atoms with Gasteiger partial charge in [0.1, 0.15) is 45.8 Å². The van der Waals surface area contributed by atoms with E-state index >= 15 is 0 Å². The fourth-order valence-electron chi connectivity index (χ4n) is 6.99. The number of rotatable bonds is 9. The van der Waals surface area contributed by atoms with Crippen LogP contribution >= 0.6 is 0 Å². The summed E-state index contributed by atoms with van der Waals surface area (Å²) < 4.78 is 61.8. The minimum atomic E-state index is -1.07. The van der Waals surface area contributed by atoms with Crippen LogP contribution in [0.15, 0.2) is 179 Å². The van der Waals surface area contributed by atoms with Crippen LogP contribution in [0.3, 0.4) is 0 Å². The van der Waals surface area contributed by atoms with Gasteiger partial charge in [-0.15, -0.1) is 0 Å². The molecule has 10 aromatic rings. The second-order valence-electron chi connectivity index (χ2n) is 16.5. The number of nitrogens with zero attached hydrogens (tertiary/aromatic N) is 2. The molecule has 2 aromatic heterocycles. The van der Waals surface area contributed by atoms with Gasteiger partial charge < -0.3 is 40.3 Å². The summed E-state index contributed by atoms with van der Waals surface area (Å²) in [5.74, 6) is -4.27. The maximum atomic E-state index is 12.9. The summed E-state index contributed by atoms with van der Waals surface area (Å²) in [6, 6.07) is 40.0. The zero-order valence-electron chi connectivity index (χ0n) is 41.7. The normalized spacial score (nSPS) is 10.3. The molecule has 0 saturated carbocycles. The number of aromatic nitrogens is 2. The van der Waals surface area contributed by atoms with Crippen molar-refractivity contribution in [2.24, 2.45) is 0 Å². The maximum absolute atomic E-state index is 12.9. The fraction of sp³-hybridized carbons (Fsp3) is 0.0508. The van der Waals surface area contributed by atoms with Crippen LogP contribution in [0.25, 0.3) is 45.1 Å². The first-order chi connectivity index (χ1) is 37.6. The molecule has 79 heavy (non-hydrogen) atoms. The van der Waals surface area contributed by atoms with E-state index < -0.39 is 29.5 Å². The van der Waals surface area contributed by atoms with Crippen molar-refractivity contribution in [1.29, 1.82) is 0 Å². The number of amides is 1. The highest BCUT2D eigenvalue weighted by Gasteiger charge is 2.18. The Morgan fingerprint density at radius 3 is 1.23 bits per heavy atom. The third-order valence-corrected chi connectivity index (χ3v) is 11.0. The summed E-state index contributed by atoms with van der Waals surface area (Å²) in [5, 5.41) is 38.7. The van der Waals surface area contributed by atoms with E-state index in [1.165, 1.54) is 112 Å². The van der Waals surface area contributed by atoms with Crippen LogP contribution in [0.2, 0.25) is 0 Å². The Balaban J connectivity index is 0.000000164. The predicted molar refractivity (Wildman–Crippen MR) is 284 cm³/mol. The minimum Gasteiger partial charge on any atom is -0.506 e. The third-order valence-electron chi connectivity index (χ3n) is 11.0. The van der Waals surface area contributed by atoms with Crippen LogP contribution in [-0.4, -0.2) is 65.6 Å². The van der Waals surface area contributed by atoms with Gasteiger partial charge in [-0.1, -0.05) is 24.3 Å². The van der Waals surface area contributed by atoms with Crippen molar-refractivity contribution in [1.82, 2.24) is 9.97 Å². The molecular formula is C59H44F4N4O12. The Labute approximate surface area is 445 Å². The Morgan fingerprint density at radius 2 is 0.810 bits per heavy atom. The van der Waals surface area contributed by atoms with E-state index in [0.717, 1.165) is 24.3 Å². The molecule has 0 radical (unpaired) electrons. The summed E-state index contributed by atoms with van der Waals surface area (Å²) in [5.41, 5.74) is 10.1. The number of ketones is 3. The van der Waals surface area contributed by atoms with Crippen molar-refractivity contribution in [2.75, 3.05) is 11.1 Å². The highest BCUT2D eigenvalue weighted by Crippen LogP contribution is 2.30. The van der Waals surface area contributed by atoms with Crippen LogP contribution in [0.4, 0.5) is 28.9 Å². The molecule has 0 spiro atoms. The quantitative estimate of drug-likeness (QED) is 0.0339. The number of anilines is 2. The van der Waals surface area contributed by atoms with Crippen LogP contribution < -0.4 is 11.1 Å². The number of aromatic carboxylic acids is 2. The van der Waals surface area contributed by atoms with E-state index in [9.17, 15) is 51.4 Å². The molecule has 2 heterocycles. The lowest BCUT2D eigenvalue weighted by molar-refractivity contribution is 0.0687. The van der Waals surface area contributed by atoms with Crippen molar-refractivity contribution in [3.8, 4) is 34.4 Å². The van der Waals surface area contributed by atoms with Crippen molar-refractivity contribution in [3.05, 3.63) is 227 Å². The van der Waals surface area contributed by atoms with Crippen molar-refractivity contribution >= 4 is 68.8 Å². The molecule has 0 atom stereocenters. The van der Waals surface area contributed by atoms with Gasteiger partial charge in [-0.25, -0.2) is 37.1 Å². The number of carboxylic acid groups (broad SMARTS) is 2. The molecule has 400 valence electrons. The average molecular weight is 1080 g/mol. The van der Waals surface area contributed by atoms with Gasteiger partial charge in [-0.05, 0) is 166 Å². The number of para-hydroxylation sites is 4. The number of carbonyl (C=O) groups is 6. The number of nitrogens with one attached hydrogen (secondary N) is 1. The number of nitrogens with two attached hydrogens (primary N) is 1. The first-order valence-corrected chi connectivity index (χ1v) is 23.1. The molecule has 1 amide bonds. The lowest BCUT2D eigenvalue weighted by Gasteiger charge is -2.11. The molecule has 8 aromatic carbocycles. The number of benzene rings is 8. The van der Waals surface area contributed by atoms with Crippen molar-refractivity contribution in [3.63, 3.8) is 0 Å². The summed E-state index contributed by atoms with van der Waals surface area (Å²) in [6.07, 6.45) is 0. The van der Waals surface area contributed by atoms with E-state index in [1.807, 2.05) is 0 Å². The highest BCUT2D eigenvalue weighted by atomic mass is 19.1. The van der Waals surface area contributed by atoms with Gasteiger partial charge in [0.15, 0.2) is 28.5 Å². The lowest BCUT2D eigenvalue weighted by Crippen LogP contribution is -2.14. The number of carboxylic acids is 2. The molecule has 0 bridgehead atoms. The van der Waals surface area contributed by atoms with Crippen molar-refractivity contribution < 1.29 is 75.6 Å². The largest absolute Gasteiger partial charge is 0.506 e. The monoisotopic (exact) mass is 1080 g/mol. The molecular weight excluding hydrogens is 1030 g/mol. The number of phenolic OH excluding ortho intramolecular Hbond substituents is 2. The Kier molecular flexibility index (Phi) is 19.0. The summed E-state index contributed by atoms with van der Waals surface area (Å²) in [4.78, 5) is 75.6. The standard InChI is InChI=1S/C15H12FNO3.C15H10FNO2.C14H8FNO3.C8H9NO2.C7H5FO2/c1-9(18)12-3-2-4-13(19)14(12)17-15(20)10-5-7-11(16)8-6-10;1-9(18)12-3-2-4-13-14(12)17-15(19-13)10-5-7-11(16)8-6-10;15-9-6-4-8(5-7-9)13-16-12-10(14(17)18)2-1-3-11(12)19-13;1-5(10)6-3-2-4-7(11)8(6)9;8-6-3-1-5(2-4-6)7(9)10/h2-8,19H,1H3,(H,17,20);2-8H,1H3;1-7H,(H,17,18);2-4,11H,9H2,1H3;1-4H,(H,9,10). The molecule has 0 unspecified atom stereocenters. The summed E-state index contributed by atoms with van der Waals surface area (Å²) >= 11 is 0. The first-order valence-electron chi connectivity index (χ1n) is 23.1. The van der Waals surface area contributed by atoms with Crippen molar-refractivity contribution in [2.45, 2.75) is 20.8 Å². The Morgan fingerprint density at radius 1 is 0.443 bits per heavy atom. The number of Topliss-reactive ketones (excluding diaryl/α,β-unsaturated/α-hetero) is 3. The first kappa shape index (κ1) is 57.5. The summed E-state index contributed by atoms with van der Waals surface area (Å²) in [7, 11) is 0. The van der Waals surface area contributed by atoms with E-state index in [2.05, 4.69) is 15.3 Å². The van der Waals surface area contributed by atoms with E-state index in [0.29, 0.717) is 44.8 Å². The Bertz CT molecular complexity index is 3710. The zero-order valence-corrected chi connectivity index (χ0v) is 41.7. The van der Waals surface area contributed by atoms with Crippen LogP contribution in [-0.2, 0) is 0 Å². The molecule has 0 saturated heterocycles. The molecule has 0 fully saturated rings. The second-order valence-corrected chi connectivity index (χ2v) is 16.5. The molecule has 20 heteroatoms. The van der Waals surface area contributed by atoms with Gasteiger partial charge in [0.05, 0.1) is 22.5 Å². The SMILES string of the molecule is CC(=O)c1cccc(O)c1N.CC(=O)c1cccc(O)c1NC(=O)c1ccc(F)cc1.CC(=O)c1cccc2oc(-c3ccc(F)cc3)nc12.O=C(O)c1ccc(F)cc1.O=C(O)c1cccc2oc(-c3ccc(F)cc3)nc12. The number of carbonyl (C=O) groups excluding carboxylic acids is 4. The fourth-order valence-corrected chi connectivity index (χ4v) is 6.99. The molecule has 10 rings (SSSR count). The molecule has 0 aliphatic carbocycles. The van der Waals surface area contributed by atoms with Gasteiger partial charge in [0.2, 0.25) is 11.8 Å². The number of oxazole rings is 2. The van der Waals surface area contributed by atoms with Gasteiger partial charge in [-0.2, -0.15) is 0 Å². The predicted octanol–water partition coefficient (Wildman–Crippen LogP) is 12.9. The molecule has 0 aliphatic rings. The number of hydrogen-bond acceptors (Lipinski definition) is 13. The number of halogens is 4. The smallest absolute Gasteiger partial charge is 0.338 e. The minimum absolute atomic E-state index is 0.0438. The number of nitrogen functional groups attached to an aromatic ring is 1.